The van der Waals surface area contributed by atoms with Crippen molar-refractivity contribution < 1.29 is 22.4 Å². The molecule has 1 atom stereocenters. The number of hydrazone groups is 1. The Bertz CT molecular complexity index is 1220. The molecule has 1 amide bonds. The molecule has 31 heavy (non-hydrogen) atoms. The predicted molar refractivity (Wildman–Crippen MR) is 117 cm³/mol. The number of rotatable bonds is 6. The molecule has 0 aliphatic carbocycles. The highest BCUT2D eigenvalue weighted by atomic mass is 32.2. The van der Waals surface area contributed by atoms with Crippen LogP contribution in [0.3, 0.4) is 0 Å². The first-order valence-corrected chi connectivity index (χ1v) is 11.4. The minimum atomic E-state index is -3.41. The highest BCUT2D eigenvalue weighted by Crippen LogP contribution is 2.34. The van der Waals surface area contributed by atoms with Gasteiger partial charge in [0.05, 0.1) is 25.3 Å². The molecule has 2 heterocycles. The summed E-state index contributed by atoms with van der Waals surface area (Å²) in [5.74, 6) is 0.996. The van der Waals surface area contributed by atoms with E-state index in [1.54, 1.807) is 68.0 Å². The Labute approximate surface area is 180 Å². The topological polar surface area (TPSA) is 101 Å². The van der Waals surface area contributed by atoms with Gasteiger partial charge in [0.15, 0.2) is 0 Å². The number of carbonyl (C=O) groups excluding carboxylic acids is 1. The zero-order valence-electron chi connectivity index (χ0n) is 17.0. The Kier molecular flexibility index (Phi) is 5.51. The lowest BCUT2D eigenvalue weighted by molar-refractivity contribution is 0.0693. The summed E-state index contributed by atoms with van der Waals surface area (Å²) in [6, 6.07) is 16.9. The lowest BCUT2D eigenvalue weighted by Gasteiger charge is -2.20. The van der Waals surface area contributed by atoms with Gasteiger partial charge in [-0.2, -0.15) is 5.10 Å². The van der Waals surface area contributed by atoms with E-state index in [1.165, 1.54) is 5.01 Å². The molecule has 9 heteroatoms. The quantitative estimate of drug-likeness (QED) is 0.632. The van der Waals surface area contributed by atoms with Gasteiger partial charge in [-0.15, -0.1) is 0 Å². The van der Waals surface area contributed by atoms with Gasteiger partial charge in [0, 0.05) is 17.7 Å². The number of benzene rings is 2. The van der Waals surface area contributed by atoms with Gasteiger partial charge < -0.3 is 9.15 Å². The van der Waals surface area contributed by atoms with Crippen LogP contribution in [0, 0.1) is 0 Å². The van der Waals surface area contributed by atoms with Gasteiger partial charge in [0.1, 0.15) is 17.6 Å². The second kappa shape index (κ2) is 8.27. The van der Waals surface area contributed by atoms with E-state index in [0.29, 0.717) is 34.9 Å². The van der Waals surface area contributed by atoms with Crippen LogP contribution in [0.15, 0.2) is 76.4 Å². The molecule has 1 aliphatic heterocycles. The Balaban J connectivity index is 1.68. The third-order valence-electron chi connectivity index (χ3n) is 4.83. The van der Waals surface area contributed by atoms with Crippen molar-refractivity contribution in [3.63, 3.8) is 0 Å². The molecule has 8 nitrogen and oxygen atoms in total. The predicted octanol–water partition coefficient (Wildman–Crippen LogP) is 3.65. The molecule has 4 rings (SSSR count). The molecule has 0 bridgehead atoms. The van der Waals surface area contributed by atoms with Crippen LogP contribution < -0.4 is 9.46 Å². The van der Waals surface area contributed by atoms with Crippen LogP contribution in [0.5, 0.6) is 5.75 Å². The molecule has 0 saturated heterocycles. The maximum atomic E-state index is 13.2. The van der Waals surface area contributed by atoms with Crippen LogP contribution in [0.2, 0.25) is 0 Å². The molecule has 1 N–H and O–H groups in total. The van der Waals surface area contributed by atoms with Gasteiger partial charge in [-0.05, 0) is 54.1 Å². The number of sulfonamides is 1. The van der Waals surface area contributed by atoms with Crippen LogP contribution in [0.25, 0.3) is 0 Å². The molecule has 0 fully saturated rings. The van der Waals surface area contributed by atoms with Crippen LogP contribution in [-0.4, -0.2) is 38.4 Å². The Morgan fingerprint density at radius 3 is 2.58 bits per heavy atom. The fourth-order valence-electron chi connectivity index (χ4n) is 3.42. The minimum Gasteiger partial charge on any atom is -0.497 e. The summed E-state index contributed by atoms with van der Waals surface area (Å²) in [6.07, 6.45) is 3.08. The maximum absolute atomic E-state index is 13.2. The molecular weight excluding hydrogens is 418 g/mol. The zero-order valence-corrected chi connectivity index (χ0v) is 17.8. The summed E-state index contributed by atoms with van der Waals surface area (Å²) < 4.78 is 36.3. The lowest BCUT2D eigenvalue weighted by Crippen LogP contribution is -2.26. The number of methoxy groups -OCH3 is 1. The van der Waals surface area contributed by atoms with E-state index < -0.39 is 16.1 Å². The van der Waals surface area contributed by atoms with Crippen molar-refractivity contribution in [1.82, 2.24) is 5.01 Å². The molecule has 1 unspecified atom stereocenters. The number of carbonyl (C=O) groups is 1. The first kappa shape index (κ1) is 20.7. The summed E-state index contributed by atoms with van der Waals surface area (Å²) in [4.78, 5) is 13.2. The van der Waals surface area contributed by atoms with Gasteiger partial charge >= 0.3 is 0 Å². The Morgan fingerprint density at radius 1 is 1.16 bits per heavy atom. The molecule has 0 spiro atoms. The van der Waals surface area contributed by atoms with Crippen LogP contribution in [0.1, 0.15) is 34.1 Å². The fourth-order valence-corrected chi connectivity index (χ4v) is 3.97. The number of anilines is 1. The van der Waals surface area contributed by atoms with E-state index in [4.69, 9.17) is 9.15 Å². The molecule has 0 saturated carbocycles. The summed E-state index contributed by atoms with van der Waals surface area (Å²) >= 11 is 0. The highest BCUT2D eigenvalue weighted by Gasteiger charge is 2.35. The largest absolute Gasteiger partial charge is 0.497 e. The summed E-state index contributed by atoms with van der Waals surface area (Å²) in [5, 5.41) is 5.99. The fraction of sp³-hybridized carbons (Fsp3) is 0.182. The summed E-state index contributed by atoms with van der Waals surface area (Å²) in [6.45, 7) is 0. The van der Waals surface area contributed by atoms with E-state index in [0.717, 1.165) is 11.8 Å². The number of amides is 1. The number of nitrogens with one attached hydrogen (secondary N) is 1. The molecule has 160 valence electrons. The second-order valence-corrected chi connectivity index (χ2v) is 8.86. The standard InChI is InChI=1S/C22H21N3O5S/c1-29-18-10-8-15(9-11-18)22(26)25-20(21-7-4-12-30-21)14-19(23-25)16-5-3-6-17(13-16)24-31(2,27)28/h3-13,20,24H,14H2,1-2H3. The lowest BCUT2D eigenvalue weighted by atomic mass is 10.0. The van der Waals surface area contributed by atoms with Crippen molar-refractivity contribution >= 4 is 27.3 Å². The molecule has 1 aliphatic rings. The Hall–Kier alpha value is -3.59. The number of ether oxygens (including phenoxy) is 1. The van der Waals surface area contributed by atoms with Crippen LogP contribution in [-0.2, 0) is 10.0 Å². The van der Waals surface area contributed by atoms with Crippen LogP contribution >= 0.6 is 0 Å². The molecular formula is C22H21N3O5S. The van der Waals surface area contributed by atoms with E-state index in [-0.39, 0.29) is 5.91 Å². The number of furan rings is 1. The van der Waals surface area contributed by atoms with Crippen molar-refractivity contribution in [1.29, 1.82) is 0 Å². The maximum Gasteiger partial charge on any atom is 0.274 e. The van der Waals surface area contributed by atoms with E-state index in [9.17, 15) is 13.2 Å². The van der Waals surface area contributed by atoms with Crippen LogP contribution in [0.4, 0.5) is 5.69 Å². The van der Waals surface area contributed by atoms with Gasteiger partial charge in [-0.3, -0.25) is 9.52 Å². The van der Waals surface area contributed by atoms with E-state index >= 15 is 0 Å². The average molecular weight is 439 g/mol. The van der Waals surface area contributed by atoms with Crippen molar-refractivity contribution in [2.24, 2.45) is 5.10 Å². The average Bonchev–Trinajstić information content (AvgIpc) is 3.42. The SMILES string of the molecule is COc1ccc(C(=O)N2N=C(c3cccc(NS(C)(=O)=O)c3)CC2c2ccco2)cc1. The second-order valence-electron chi connectivity index (χ2n) is 7.12. The molecule has 2 aromatic carbocycles. The molecule has 0 radical (unpaired) electrons. The Morgan fingerprint density at radius 2 is 1.94 bits per heavy atom. The first-order valence-electron chi connectivity index (χ1n) is 9.51. The molecule has 1 aromatic heterocycles. The van der Waals surface area contributed by atoms with Crippen molar-refractivity contribution in [2.45, 2.75) is 12.5 Å². The van der Waals surface area contributed by atoms with E-state index in [1.807, 2.05) is 6.07 Å². The van der Waals surface area contributed by atoms with Gasteiger partial charge in [-0.25, -0.2) is 13.4 Å². The third-order valence-corrected chi connectivity index (χ3v) is 5.43. The van der Waals surface area contributed by atoms with Crippen molar-refractivity contribution in [2.75, 3.05) is 18.1 Å². The minimum absolute atomic E-state index is 0.274. The normalized spacial score (nSPS) is 16.1. The number of nitrogens with zero attached hydrogens (tertiary/aromatic N) is 2. The van der Waals surface area contributed by atoms with Crippen molar-refractivity contribution in [3.8, 4) is 5.75 Å². The van der Waals surface area contributed by atoms with Gasteiger partial charge in [-0.1, -0.05) is 12.1 Å². The smallest absolute Gasteiger partial charge is 0.274 e. The summed E-state index contributed by atoms with van der Waals surface area (Å²) in [5.41, 5.74) is 2.27. The highest BCUT2D eigenvalue weighted by molar-refractivity contribution is 7.92. The monoisotopic (exact) mass is 439 g/mol. The first-order chi connectivity index (χ1) is 14.8. The van der Waals surface area contributed by atoms with Gasteiger partial charge in [0.2, 0.25) is 10.0 Å². The number of hydrogen-bond donors (Lipinski definition) is 1. The third kappa shape index (κ3) is 4.61. The van der Waals surface area contributed by atoms with Gasteiger partial charge in [0.25, 0.3) is 5.91 Å². The zero-order chi connectivity index (χ0) is 22.0. The van der Waals surface area contributed by atoms with E-state index in [2.05, 4.69) is 9.82 Å². The molecule has 3 aromatic rings. The summed E-state index contributed by atoms with van der Waals surface area (Å²) in [7, 11) is -1.85. The van der Waals surface area contributed by atoms with Crippen molar-refractivity contribution in [3.05, 3.63) is 83.8 Å². The number of hydrogen-bond acceptors (Lipinski definition) is 6.